The van der Waals surface area contributed by atoms with Crippen molar-refractivity contribution in [3.63, 3.8) is 0 Å². The SMILES string of the molecule is CCNC(=NCC1CCCN(C(C)C)C1)NCCc1c[nH]c2cc(C)ccc12.I. The number of aromatic nitrogens is 1. The second kappa shape index (κ2) is 11.8. The average molecular weight is 511 g/mol. The molecule has 29 heavy (non-hydrogen) atoms. The number of hydrogen-bond donors (Lipinski definition) is 3. The Hall–Kier alpha value is -1.28. The summed E-state index contributed by atoms with van der Waals surface area (Å²) in [5.41, 5.74) is 3.88. The van der Waals surface area contributed by atoms with Crippen LogP contribution in [0.25, 0.3) is 10.9 Å². The van der Waals surface area contributed by atoms with E-state index in [9.17, 15) is 0 Å². The minimum atomic E-state index is 0. The summed E-state index contributed by atoms with van der Waals surface area (Å²) in [6, 6.07) is 7.25. The van der Waals surface area contributed by atoms with Gasteiger partial charge in [-0.1, -0.05) is 12.1 Å². The summed E-state index contributed by atoms with van der Waals surface area (Å²) in [4.78, 5) is 10.9. The van der Waals surface area contributed by atoms with Crippen LogP contribution in [0, 0.1) is 12.8 Å². The summed E-state index contributed by atoms with van der Waals surface area (Å²) < 4.78 is 0. The molecule has 0 amide bonds. The molecule has 0 saturated carbocycles. The monoisotopic (exact) mass is 511 g/mol. The number of aromatic amines is 1. The van der Waals surface area contributed by atoms with Crippen molar-refractivity contribution in [1.29, 1.82) is 0 Å². The fraction of sp³-hybridized carbons (Fsp3) is 0.609. The molecule has 1 saturated heterocycles. The number of guanidine groups is 1. The Morgan fingerprint density at radius 3 is 2.90 bits per heavy atom. The maximum absolute atomic E-state index is 4.88. The topological polar surface area (TPSA) is 55.5 Å². The maximum atomic E-state index is 4.88. The van der Waals surface area contributed by atoms with Crippen molar-refractivity contribution < 1.29 is 0 Å². The van der Waals surface area contributed by atoms with Crippen molar-refractivity contribution in [2.24, 2.45) is 10.9 Å². The molecular formula is C23H38IN5. The van der Waals surface area contributed by atoms with Crippen molar-refractivity contribution in [2.75, 3.05) is 32.7 Å². The molecule has 0 spiro atoms. The van der Waals surface area contributed by atoms with E-state index in [2.05, 4.69) is 72.6 Å². The zero-order valence-electron chi connectivity index (χ0n) is 18.4. The highest BCUT2D eigenvalue weighted by Gasteiger charge is 2.21. The number of aryl methyl sites for hydroxylation is 1. The molecule has 0 aliphatic carbocycles. The van der Waals surface area contributed by atoms with Crippen molar-refractivity contribution in [3.8, 4) is 0 Å². The third kappa shape index (κ3) is 6.88. The first-order chi connectivity index (χ1) is 13.6. The van der Waals surface area contributed by atoms with E-state index in [0.717, 1.165) is 32.0 Å². The molecule has 0 bridgehead atoms. The Morgan fingerprint density at radius 2 is 2.14 bits per heavy atom. The molecule has 2 heterocycles. The predicted molar refractivity (Wildman–Crippen MR) is 136 cm³/mol. The lowest BCUT2D eigenvalue weighted by molar-refractivity contribution is 0.143. The van der Waals surface area contributed by atoms with Crippen LogP contribution in [0.2, 0.25) is 0 Å². The lowest BCUT2D eigenvalue weighted by Gasteiger charge is -2.34. The van der Waals surface area contributed by atoms with E-state index in [1.165, 1.54) is 48.0 Å². The zero-order chi connectivity index (χ0) is 19.9. The molecule has 1 aromatic heterocycles. The Morgan fingerprint density at radius 1 is 1.31 bits per heavy atom. The number of benzene rings is 1. The van der Waals surface area contributed by atoms with Gasteiger partial charge in [0.1, 0.15) is 0 Å². The standard InChI is InChI=1S/C23H37N5.HI/c1-5-24-23(27-14-19-7-6-12-28(16-19)17(2)3)25-11-10-20-15-26-22-13-18(4)8-9-21(20)22;/h8-9,13,15,17,19,26H,5-7,10-12,14,16H2,1-4H3,(H2,24,25,27);1H. The van der Waals surface area contributed by atoms with Crippen molar-refractivity contribution in [2.45, 2.75) is 53.0 Å². The number of H-pyrrole nitrogens is 1. The van der Waals surface area contributed by atoms with Gasteiger partial charge in [0, 0.05) is 49.3 Å². The number of aliphatic imine (C=N–C) groups is 1. The van der Waals surface area contributed by atoms with Crippen LogP contribution >= 0.6 is 24.0 Å². The smallest absolute Gasteiger partial charge is 0.191 e. The normalized spacial score (nSPS) is 18.1. The summed E-state index contributed by atoms with van der Waals surface area (Å²) in [6.45, 7) is 13.9. The zero-order valence-corrected chi connectivity index (χ0v) is 20.8. The molecule has 2 aromatic rings. The predicted octanol–water partition coefficient (Wildman–Crippen LogP) is 4.31. The van der Waals surface area contributed by atoms with Crippen LogP contribution in [-0.2, 0) is 6.42 Å². The van der Waals surface area contributed by atoms with Crippen molar-refractivity contribution in [1.82, 2.24) is 20.5 Å². The number of rotatable bonds is 7. The highest BCUT2D eigenvalue weighted by molar-refractivity contribution is 14.0. The molecule has 162 valence electrons. The first-order valence-electron chi connectivity index (χ1n) is 10.9. The number of hydrogen-bond acceptors (Lipinski definition) is 2. The first-order valence-corrected chi connectivity index (χ1v) is 10.9. The molecule has 5 nitrogen and oxygen atoms in total. The van der Waals surface area contributed by atoms with Crippen LogP contribution < -0.4 is 10.6 Å². The van der Waals surface area contributed by atoms with Gasteiger partial charge in [0.2, 0.25) is 0 Å². The Bertz CT molecular complexity index is 783. The quantitative estimate of drug-likeness (QED) is 0.295. The van der Waals surface area contributed by atoms with Gasteiger partial charge in [0.15, 0.2) is 5.96 Å². The highest BCUT2D eigenvalue weighted by atomic mass is 127. The number of nitrogens with zero attached hydrogens (tertiary/aromatic N) is 2. The van der Waals surface area contributed by atoms with Crippen molar-refractivity contribution in [3.05, 3.63) is 35.5 Å². The largest absolute Gasteiger partial charge is 0.361 e. The summed E-state index contributed by atoms with van der Waals surface area (Å²) in [5, 5.41) is 8.24. The van der Waals surface area contributed by atoms with Gasteiger partial charge < -0.3 is 20.5 Å². The average Bonchev–Trinajstić information content (AvgIpc) is 3.08. The molecule has 1 aliphatic rings. The number of piperidine rings is 1. The van der Waals surface area contributed by atoms with Crippen LogP contribution in [0.15, 0.2) is 29.4 Å². The summed E-state index contributed by atoms with van der Waals surface area (Å²) in [5.74, 6) is 1.61. The van der Waals surface area contributed by atoms with Gasteiger partial charge in [-0.2, -0.15) is 0 Å². The fourth-order valence-corrected chi connectivity index (χ4v) is 4.10. The van der Waals surface area contributed by atoms with Crippen LogP contribution in [-0.4, -0.2) is 54.6 Å². The fourth-order valence-electron chi connectivity index (χ4n) is 4.10. The van der Waals surface area contributed by atoms with E-state index in [1.807, 2.05) is 0 Å². The van der Waals surface area contributed by atoms with Crippen LogP contribution in [0.3, 0.4) is 0 Å². The molecule has 1 aliphatic heterocycles. The van der Waals surface area contributed by atoms with E-state index in [0.29, 0.717) is 12.0 Å². The number of fused-ring (bicyclic) bond motifs is 1. The summed E-state index contributed by atoms with van der Waals surface area (Å²) >= 11 is 0. The lowest BCUT2D eigenvalue weighted by atomic mass is 9.97. The van der Waals surface area contributed by atoms with Gasteiger partial charge >= 0.3 is 0 Å². The van der Waals surface area contributed by atoms with E-state index in [4.69, 9.17) is 4.99 Å². The summed E-state index contributed by atoms with van der Waals surface area (Å²) in [6.07, 6.45) is 5.71. The third-order valence-electron chi connectivity index (χ3n) is 5.74. The Balaban J connectivity index is 0.00000300. The third-order valence-corrected chi connectivity index (χ3v) is 5.74. The Labute approximate surface area is 193 Å². The molecule has 0 radical (unpaired) electrons. The second-order valence-corrected chi connectivity index (χ2v) is 8.36. The van der Waals surface area contributed by atoms with Crippen LogP contribution in [0.4, 0.5) is 0 Å². The minimum absolute atomic E-state index is 0. The van der Waals surface area contributed by atoms with Crippen molar-refractivity contribution >= 4 is 40.8 Å². The molecule has 1 aromatic carbocycles. The summed E-state index contributed by atoms with van der Waals surface area (Å²) in [7, 11) is 0. The van der Waals surface area contributed by atoms with Gasteiger partial charge in [-0.3, -0.25) is 4.99 Å². The number of likely N-dealkylation sites (tertiary alicyclic amines) is 1. The van der Waals surface area contributed by atoms with Crippen LogP contribution in [0.1, 0.15) is 44.7 Å². The van der Waals surface area contributed by atoms with Gasteiger partial charge in [0.25, 0.3) is 0 Å². The minimum Gasteiger partial charge on any atom is -0.361 e. The number of nitrogens with one attached hydrogen (secondary N) is 3. The lowest BCUT2D eigenvalue weighted by Crippen LogP contribution is -2.42. The van der Waals surface area contributed by atoms with Crippen LogP contribution in [0.5, 0.6) is 0 Å². The molecule has 1 atom stereocenters. The molecule has 1 unspecified atom stereocenters. The van der Waals surface area contributed by atoms with Gasteiger partial charge in [0.05, 0.1) is 0 Å². The van der Waals surface area contributed by atoms with E-state index >= 15 is 0 Å². The molecule has 3 N–H and O–H groups in total. The molecule has 6 heteroatoms. The first kappa shape index (κ1) is 24.0. The maximum Gasteiger partial charge on any atom is 0.191 e. The van der Waals surface area contributed by atoms with E-state index < -0.39 is 0 Å². The Kier molecular flexibility index (Phi) is 9.75. The van der Waals surface area contributed by atoms with Gasteiger partial charge in [-0.05, 0) is 76.6 Å². The second-order valence-electron chi connectivity index (χ2n) is 8.36. The van der Waals surface area contributed by atoms with E-state index in [-0.39, 0.29) is 24.0 Å². The molecule has 3 rings (SSSR count). The van der Waals surface area contributed by atoms with E-state index in [1.54, 1.807) is 0 Å². The molecule has 1 fully saturated rings. The molecular weight excluding hydrogens is 473 g/mol. The van der Waals surface area contributed by atoms with Gasteiger partial charge in [-0.15, -0.1) is 24.0 Å². The number of halogens is 1. The van der Waals surface area contributed by atoms with Gasteiger partial charge in [-0.25, -0.2) is 0 Å². The highest BCUT2D eigenvalue weighted by Crippen LogP contribution is 2.20.